The van der Waals surface area contributed by atoms with E-state index in [9.17, 15) is 0 Å². The molecule has 5 heteroatoms. The Bertz CT molecular complexity index is 707. The lowest BCUT2D eigenvalue weighted by atomic mass is 10.3. The van der Waals surface area contributed by atoms with Gasteiger partial charge in [-0.2, -0.15) is 0 Å². The number of rotatable bonds is 3. The fraction of sp³-hybridized carbons (Fsp3) is 0.214. The Kier molecular flexibility index (Phi) is 2.87. The summed E-state index contributed by atoms with van der Waals surface area (Å²) < 4.78 is 5.48. The normalized spacial score (nSPS) is 12.5. The van der Waals surface area contributed by atoms with E-state index in [0.717, 1.165) is 16.8 Å². The van der Waals surface area contributed by atoms with Crippen LogP contribution in [0.15, 0.2) is 41.1 Å². The van der Waals surface area contributed by atoms with Gasteiger partial charge in [-0.05, 0) is 26.0 Å². The third-order valence-corrected chi connectivity index (χ3v) is 2.82. The quantitative estimate of drug-likeness (QED) is 0.778. The SMILES string of the molecule is Cc1cnc(C(C)Nc2cnc3ccccc3n2)o1. The number of para-hydroxylation sites is 2. The van der Waals surface area contributed by atoms with Crippen molar-refractivity contribution in [1.82, 2.24) is 15.0 Å². The number of aromatic nitrogens is 3. The summed E-state index contributed by atoms with van der Waals surface area (Å²) >= 11 is 0. The highest BCUT2D eigenvalue weighted by Crippen LogP contribution is 2.18. The fourth-order valence-electron chi connectivity index (χ4n) is 1.88. The number of oxazole rings is 1. The number of anilines is 1. The molecular weight excluding hydrogens is 240 g/mol. The van der Waals surface area contributed by atoms with Gasteiger partial charge in [0.1, 0.15) is 17.6 Å². The van der Waals surface area contributed by atoms with Crippen LogP contribution in [0.25, 0.3) is 11.0 Å². The van der Waals surface area contributed by atoms with E-state index < -0.39 is 0 Å². The van der Waals surface area contributed by atoms with Crippen LogP contribution in [0.2, 0.25) is 0 Å². The first kappa shape index (κ1) is 11.6. The molecule has 96 valence electrons. The topological polar surface area (TPSA) is 63.8 Å². The highest BCUT2D eigenvalue weighted by molar-refractivity contribution is 5.75. The zero-order valence-corrected chi connectivity index (χ0v) is 10.8. The fourth-order valence-corrected chi connectivity index (χ4v) is 1.88. The predicted molar refractivity (Wildman–Crippen MR) is 72.8 cm³/mol. The van der Waals surface area contributed by atoms with Crippen LogP contribution in [0.1, 0.15) is 24.6 Å². The van der Waals surface area contributed by atoms with Gasteiger partial charge in [-0.1, -0.05) is 12.1 Å². The van der Waals surface area contributed by atoms with Crippen LogP contribution in [-0.4, -0.2) is 15.0 Å². The summed E-state index contributed by atoms with van der Waals surface area (Å²) in [6.45, 7) is 3.85. The lowest BCUT2D eigenvalue weighted by molar-refractivity contribution is 0.453. The van der Waals surface area contributed by atoms with E-state index in [2.05, 4.69) is 20.3 Å². The van der Waals surface area contributed by atoms with Crippen LogP contribution in [0.4, 0.5) is 5.82 Å². The van der Waals surface area contributed by atoms with E-state index in [1.807, 2.05) is 38.1 Å². The summed E-state index contributed by atoms with van der Waals surface area (Å²) in [7, 11) is 0. The van der Waals surface area contributed by atoms with E-state index >= 15 is 0 Å². The van der Waals surface area contributed by atoms with E-state index in [1.54, 1.807) is 12.4 Å². The Morgan fingerprint density at radius 1 is 1.11 bits per heavy atom. The van der Waals surface area contributed by atoms with Gasteiger partial charge in [0.25, 0.3) is 0 Å². The first-order valence-corrected chi connectivity index (χ1v) is 6.13. The van der Waals surface area contributed by atoms with Crippen molar-refractivity contribution >= 4 is 16.9 Å². The van der Waals surface area contributed by atoms with Gasteiger partial charge < -0.3 is 9.73 Å². The summed E-state index contributed by atoms with van der Waals surface area (Å²) in [5, 5.41) is 3.23. The smallest absolute Gasteiger partial charge is 0.216 e. The summed E-state index contributed by atoms with van der Waals surface area (Å²) in [5.74, 6) is 2.16. The van der Waals surface area contributed by atoms with Crippen LogP contribution in [0.5, 0.6) is 0 Å². The third-order valence-electron chi connectivity index (χ3n) is 2.82. The molecule has 0 aliphatic carbocycles. The zero-order chi connectivity index (χ0) is 13.2. The summed E-state index contributed by atoms with van der Waals surface area (Å²) in [4.78, 5) is 13.1. The monoisotopic (exact) mass is 254 g/mol. The minimum Gasteiger partial charge on any atom is -0.444 e. The van der Waals surface area contributed by atoms with Crippen molar-refractivity contribution in [3.05, 3.63) is 48.3 Å². The van der Waals surface area contributed by atoms with Crippen molar-refractivity contribution in [3.8, 4) is 0 Å². The van der Waals surface area contributed by atoms with Gasteiger partial charge in [-0.25, -0.2) is 9.97 Å². The van der Waals surface area contributed by atoms with Crippen molar-refractivity contribution in [2.24, 2.45) is 0 Å². The van der Waals surface area contributed by atoms with E-state index in [4.69, 9.17) is 4.42 Å². The maximum absolute atomic E-state index is 5.48. The average molecular weight is 254 g/mol. The van der Waals surface area contributed by atoms with Crippen LogP contribution in [-0.2, 0) is 0 Å². The Labute approximate surface area is 110 Å². The molecule has 3 aromatic rings. The first-order chi connectivity index (χ1) is 9.22. The molecule has 0 saturated heterocycles. The maximum Gasteiger partial charge on any atom is 0.216 e. The molecule has 3 rings (SSSR count). The predicted octanol–water partition coefficient (Wildman–Crippen LogP) is 3.10. The molecule has 2 aromatic heterocycles. The molecule has 0 radical (unpaired) electrons. The van der Waals surface area contributed by atoms with Crippen molar-refractivity contribution in [2.45, 2.75) is 19.9 Å². The summed E-state index contributed by atoms with van der Waals surface area (Å²) in [6, 6.07) is 7.72. The molecule has 1 N–H and O–H groups in total. The molecule has 0 aliphatic heterocycles. The van der Waals surface area contributed by atoms with Gasteiger partial charge >= 0.3 is 0 Å². The molecule has 1 aromatic carbocycles. The second-order valence-electron chi connectivity index (χ2n) is 4.42. The van der Waals surface area contributed by atoms with Crippen molar-refractivity contribution < 1.29 is 4.42 Å². The molecule has 0 bridgehead atoms. The van der Waals surface area contributed by atoms with Gasteiger partial charge in [0.2, 0.25) is 5.89 Å². The Morgan fingerprint density at radius 3 is 2.63 bits per heavy atom. The molecule has 0 amide bonds. The van der Waals surface area contributed by atoms with Gasteiger partial charge in [0.05, 0.1) is 23.4 Å². The Balaban J connectivity index is 1.84. The molecule has 0 fully saturated rings. The highest BCUT2D eigenvalue weighted by Gasteiger charge is 2.12. The lowest BCUT2D eigenvalue weighted by Gasteiger charge is -2.11. The molecule has 0 spiro atoms. The molecule has 1 atom stereocenters. The van der Waals surface area contributed by atoms with Crippen LogP contribution in [0.3, 0.4) is 0 Å². The molecule has 5 nitrogen and oxygen atoms in total. The van der Waals surface area contributed by atoms with E-state index in [-0.39, 0.29) is 6.04 Å². The second-order valence-corrected chi connectivity index (χ2v) is 4.42. The molecule has 19 heavy (non-hydrogen) atoms. The maximum atomic E-state index is 5.48. The number of hydrogen-bond donors (Lipinski definition) is 1. The van der Waals surface area contributed by atoms with E-state index in [0.29, 0.717) is 11.7 Å². The molecule has 2 heterocycles. The Hall–Kier alpha value is -2.43. The molecular formula is C14H14N4O. The van der Waals surface area contributed by atoms with E-state index in [1.165, 1.54) is 0 Å². The van der Waals surface area contributed by atoms with Crippen LogP contribution >= 0.6 is 0 Å². The van der Waals surface area contributed by atoms with Gasteiger partial charge in [0.15, 0.2) is 0 Å². The van der Waals surface area contributed by atoms with Crippen LogP contribution in [0, 0.1) is 6.92 Å². The largest absolute Gasteiger partial charge is 0.444 e. The Morgan fingerprint density at radius 2 is 1.89 bits per heavy atom. The highest BCUT2D eigenvalue weighted by atomic mass is 16.4. The number of hydrogen-bond acceptors (Lipinski definition) is 5. The number of nitrogens with zero attached hydrogens (tertiary/aromatic N) is 3. The molecule has 0 aliphatic rings. The summed E-state index contributed by atoms with van der Waals surface area (Å²) in [5.41, 5.74) is 1.75. The van der Waals surface area contributed by atoms with Gasteiger partial charge in [0, 0.05) is 0 Å². The number of nitrogens with one attached hydrogen (secondary N) is 1. The number of aryl methyl sites for hydroxylation is 1. The lowest BCUT2D eigenvalue weighted by Crippen LogP contribution is -2.08. The number of benzene rings is 1. The minimum absolute atomic E-state index is 0.0517. The minimum atomic E-state index is -0.0517. The third kappa shape index (κ3) is 2.40. The van der Waals surface area contributed by atoms with Crippen molar-refractivity contribution in [3.63, 3.8) is 0 Å². The second kappa shape index (κ2) is 4.68. The van der Waals surface area contributed by atoms with Crippen LogP contribution < -0.4 is 5.32 Å². The molecule has 1 unspecified atom stereocenters. The van der Waals surface area contributed by atoms with Crippen molar-refractivity contribution in [1.29, 1.82) is 0 Å². The average Bonchev–Trinajstić information content (AvgIpc) is 2.85. The summed E-state index contributed by atoms with van der Waals surface area (Å²) in [6.07, 6.45) is 3.42. The standard InChI is InChI=1S/C14H14N4O/c1-9-7-16-14(19-9)10(2)17-13-8-15-11-5-3-4-6-12(11)18-13/h3-8,10H,1-2H3,(H,17,18). The van der Waals surface area contributed by atoms with Crippen molar-refractivity contribution in [2.75, 3.05) is 5.32 Å². The van der Waals surface area contributed by atoms with Gasteiger partial charge in [-0.15, -0.1) is 0 Å². The molecule has 0 saturated carbocycles. The zero-order valence-electron chi connectivity index (χ0n) is 10.8. The number of fused-ring (bicyclic) bond motifs is 1. The first-order valence-electron chi connectivity index (χ1n) is 6.13. The van der Waals surface area contributed by atoms with Gasteiger partial charge in [-0.3, -0.25) is 4.98 Å².